The molecule has 0 aliphatic heterocycles. The van der Waals surface area contributed by atoms with Crippen LogP contribution in [0.3, 0.4) is 0 Å². The zero-order chi connectivity index (χ0) is 33.0. The minimum Gasteiger partial charge on any atom is -0.455 e. The third kappa shape index (κ3) is 4.63. The summed E-state index contributed by atoms with van der Waals surface area (Å²) < 4.78 is 9.35. The molecule has 4 heterocycles. The molecule has 0 aliphatic rings. The van der Waals surface area contributed by atoms with Gasteiger partial charge in [0, 0.05) is 65.6 Å². The lowest BCUT2D eigenvalue weighted by Gasteiger charge is -2.13. The van der Waals surface area contributed by atoms with E-state index >= 15 is 0 Å². The zero-order valence-corrected chi connectivity index (χ0v) is 27.6. The third-order valence-corrected chi connectivity index (χ3v) is 10.7. The molecular weight excluding hydrogens is 631 g/mol. The van der Waals surface area contributed by atoms with Gasteiger partial charge in [-0.1, -0.05) is 115 Å². The van der Waals surface area contributed by atoms with E-state index in [0.29, 0.717) is 5.82 Å². The van der Waals surface area contributed by atoms with Crippen LogP contribution < -0.4 is 0 Å². The molecule has 4 aromatic heterocycles. The highest BCUT2D eigenvalue weighted by atomic mass is 32.1. The molecule has 0 fully saturated rings. The summed E-state index contributed by atoms with van der Waals surface area (Å²) in [7, 11) is 0. The summed E-state index contributed by atoms with van der Waals surface area (Å²) in [5, 5.41) is 4.72. The maximum absolute atomic E-state index is 6.79. The highest BCUT2D eigenvalue weighted by Crippen LogP contribution is 2.46. The number of aromatic nitrogens is 3. The Labute approximate surface area is 292 Å². The Bertz CT molecular complexity index is 2870. The molecule has 0 N–H and O–H groups in total. The van der Waals surface area contributed by atoms with E-state index in [1.807, 2.05) is 66.2 Å². The molecule has 10 aromatic rings. The number of para-hydroxylation sites is 1. The average Bonchev–Trinajstić information content (AvgIpc) is 3.77. The number of hydrogen-bond donors (Lipinski definition) is 0. The molecule has 6 aromatic carbocycles. The van der Waals surface area contributed by atoms with Crippen LogP contribution in [0.4, 0.5) is 0 Å². The molecule has 0 aliphatic carbocycles. The van der Waals surface area contributed by atoms with Crippen molar-refractivity contribution in [3.8, 4) is 56.2 Å². The van der Waals surface area contributed by atoms with Gasteiger partial charge in [0.15, 0.2) is 5.82 Å². The van der Waals surface area contributed by atoms with E-state index in [1.165, 1.54) is 25.7 Å². The van der Waals surface area contributed by atoms with Crippen LogP contribution in [0.25, 0.3) is 98.3 Å². The Morgan fingerprint density at radius 3 is 2.02 bits per heavy atom. The minimum atomic E-state index is 0.650. The molecule has 0 radical (unpaired) electrons. The minimum absolute atomic E-state index is 0.650. The smallest absolute Gasteiger partial charge is 0.161 e. The van der Waals surface area contributed by atoms with E-state index in [0.717, 1.165) is 66.7 Å². The number of pyridine rings is 1. The largest absolute Gasteiger partial charge is 0.455 e. The van der Waals surface area contributed by atoms with Crippen LogP contribution in [0.1, 0.15) is 0 Å². The molecule has 0 bridgehead atoms. The zero-order valence-electron chi connectivity index (χ0n) is 26.7. The third-order valence-electron chi connectivity index (χ3n) is 9.45. The summed E-state index contributed by atoms with van der Waals surface area (Å²) in [5.41, 5.74) is 10.7. The first kappa shape index (κ1) is 28.6. The summed E-state index contributed by atoms with van der Waals surface area (Å²) >= 11 is 1.84. The molecule has 5 heteroatoms. The lowest BCUT2D eigenvalue weighted by atomic mass is 9.94. The second-order valence-electron chi connectivity index (χ2n) is 12.4. The Morgan fingerprint density at radius 2 is 1.14 bits per heavy atom. The van der Waals surface area contributed by atoms with Crippen LogP contribution in [0, 0.1) is 0 Å². The predicted molar refractivity (Wildman–Crippen MR) is 207 cm³/mol. The monoisotopic (exact) mass is 657 g/mol. The lowest BCUT2D eigenvalue weighted by Crippen LogP contribution is -1.98. The van der Waals surface area contributed by atoms with Crippen molar-refractivity contribution in [1.29, 1.82) is 0 Å². The summed E-state index contributed by atoms with van der Waals surface area (Å²) in [5.74, 6) is 0.650. The second kappa shape index (κ2) is 11.6. The first-order valence-corrected chi connectivity index (χ1v) is 17.4. The maximum Gasteiger partial charge on any atom is 0.161 e. The van der Waals surface area contributed by atoms with Crippen molar-refractivity contribution in [3.63, 3.8) is 0 Å². The van der Waals surface area contributed by atoms with Crippen LogP contribution in [0.5, 0.6) is 0 Å². The Balaban J connectivity index is 1.25. The number of hydrogen-bond acceptors (Lipinski definition) is 5. The van der Waals surface area contributed by atoms with Crippen LogP contribution >= 0.6 is 11.3 Å². The molecular formula is C45H27N3OS. The SMILES string of the molecule is c1ccc(-c2cc(-c3ccc(-c4cccc5c4sc4ccccc45)c4c3oc3ccccc34)nc(-c3ccccc3-c3ccncc3)n2)cc1. The molecule has 0 atom stereocenters. The summed E-state index contributed by atoms with van der Waals surface area (Å²) in [4.78, 5) is 14.7. The number of benzene rings is 6. The molecule has 0 saturated carbocycles. The van der Waals surface area contributed by atoms with Gasteiger partial charge in [0.05, 0.1) is 11.4 Å². The topological polar surface area (TPSA) is 51.8 Å². The summed E-state index contributed by atoms with van der Waals surface area (Å²) in [6.07, 6.45) is 3.63. The summed E-state index contributed by atoms with van der Waals surface area (Å²) in [6.45, 7) is 0. The molecule has 0 unspecified atom stereocenters. The second-order valence-corrected chi connectivity index (χ2v) is 13.4. The molecule has 0 spiro atoms. The molecule has 234 valence electrons. The number of rotatable bonds is 5. The quantitative estimate of drug-likeness (QED) is 0.185. The van der Waals surface area contributed by atoms with Gasteiger partial charge in [-0.05, 0) is 53.1 Å². The molecule has 10 rings (SSSR count). The van der Waals surface area contributed by atoms with E-state index in [1.54, 1.807) is 0 Å². The first-order chi connectivity index (χ1) is 24.8. The number of furan rings is 1. The molecule has 0 amide bonds. The lowest BCUT2D eigenvalue weighted by molar-refractivity contribution is 0.670. The van der Waals surface area contributed by atoms with Gasteiger partial charge in [0.1, 0.15) is 11.2 Å². The van der Waals surface area contributed by atoms with Crippen molar-refractivity contribution in [2.75, 3.05) is 0 Å². The van der Waals surface area contributed by atoms with Crippen LogP contribution in [-0.2, 0) is 0 Å². The first-order valence-electron chi connectivity index (χ1n) is 16.6. The predicted octanol–water partition coefficient (Wildman–Crippen LogP) is 12.5. The molecule has 0 saturated heterocycles. The Hall–Kier alpha value is -6.43. The van der Waals surface area contributed by atoms with Crippen molar-refractivity contribution in [2.45, 2.75) is 0 Å². The van der Waals surface area contributed by atoms with Gasteiger partial charge in [0.2, 0.25) is 0 Å². The molecule has 4 nitrogen and oxygen atoms in total. The fourth-order valence-electron chi connectivity index (χ4n) is 7.14. The van der Waals surface area contributed by atoms with Gasteiger partial charge in [-0.15, -0.1) is 11.3 Å². The normalized spacial score (nSPS) is 11.6. The highest BCUT2D eigenvalue weighted by Gasteiger charge is 2.22. The van der Waals surface area contributed by atoms with Gasteiger partial charge in [0.25, 0.3) is 0 Å². The van der Waals surface area contributed by atoms with Crippen LogP contribution in [0.2, 0.25) is 0 Å². The number of thiophene rings is 1. The van der Waals surface area contributed by atoms with E-state index in [-0.39, 0.29) is 0 Å². The van der Waals surface area contributed by atoms with Crippen molar-refractivity contribution in [1.82, 2.24) is 15.0 Å². The van der Waals surface area contributed by atoms with E-state index < -0.39 is 0 Å². The maximum atomic E-state index is 6.79. The van der Waals surface area contributed by atoms with Crippen LogP contribution in [-0.4, -0.2) is 15.0 Å². The van der Waals surface area contributed by atoms with E-state index in [4.69, 9.17) is 14.4 Å². The van der Waals surface area contributed by atoms with Gasteiger partial charge in [-0.3, -0.25) is 4.98 Å². The van der Waals surface area contributed by atoms with Crippen molar-refractivity contribution in [2.24, 2.45) is 0 Å². The summed E-state index contributed by atoms with van der Waals surface area (Å²) in [6, 6.07) is 52.8. The van der Waals surface area contributed by atoms with E-state index in [2.05, 4.69) is 114 Å². The van der Waals surface area contributed by atoms with Crippen molar-refractivity contribution >= 4 is 53.4 Å². The van der Waals surface area contributed by atoms with E-state index in [9.17, 15) is 0 Å². The van der Waals surface area contributed by atoms with Crippen molar-refractivity contribution in [3.05, 3.63) is 164 Å². The highest BCUT2D eigenvalue weighted by molar-refractivity contribution is 7.26. The van der Waals surface area contributed by atoms with Crippen molar-refractivity contribution < 1.29 is 4.42 Å². The molecule has 50 heavy (non-hydrogen) atoms. The van der Waals surface area contributed by atoms with Gasteiger partial charge < -0.3 is 4.42 Å². The Kier molecular flexibility index (Phi) is 6.64. The fraction of sp³-hybridized carbons (Fsp3) is 0. The van der Waals surface area contributed by atoms with Crippen LogP contribution in [0.15, 0.2) is 168 Å². The van der Waals surface area contributed by atoms with Gasteiger partial charge in [-0.2, -0.15) is 0 Å². The average molecular weight is 658 g/mol. The standard InChI is InChI=1S/C45H27N3OS/c1-2-11-29(12-3-1)38-27-39(48-45(47-38)35-15-5-4-13-30(35)28-23-25-46-26-24-28)36-22-21-32(42-37-16-6-8-19-40(37)49-43(36)42)34-18-10-17-33-31-14-7-9-20-41(31)50-44(33)34/h1-27H. The number of nitrogens with zero attached hydrogens (tertiary/aromatic N) is 3. The fourth-order valence-corrected chi connectivity index (χ4v) is 8.37. The Morgan fingerprint density at radius 1 is 0.460 bits per heavy atom. The van der Waals surface area contributed by atoms with Gasteiger partial charge >= 0.3 is 0 Å². The number of fused-ring (bicyclic) bond motifs is 6. The van der Waals surface area contributed by atoms with Gasteiger partial charge in [-0.25, -0.2) is 9.97 Å².